The molecule has 2 aromatic heterocycles. The molecule has 0 bridgehead atoms. The van der Waals surface area contributed by atoms with Crippen molar-refractivity contribution in [1.82, 2.24) is 14.9 Å². The lowest BCUT2D eigenvalue weighted by Gasteiger charge is -2.13. The van der Waals surface area contributed by atoms with Gasteiger partial charge in [0.15, 0.2) is 0 Å². The third-order valence-electron chi connectivity index (χ3n) is 5.12. The number of amides is 1. The SMILES string of the molecule is CCc1c(C)c(C(=O)NCc2ccccn2)n(Cc2cccc(OC)c2)c1C. The van der Waals surface area contributed by atoms with E-state index < -0.39 is 0 Å². The summed E-state index contributed by atoms with van der Waals surface area (Å²) in [5.41, 5.74) is 6.05. The molecule has 0 fully saturated rings. The van der Waals surface area contributed by atoms with Crippen LogP contribution < -0.4 is 10.1 Å². The standard InChI is InChI=1S/C23H27N3O2/c1-5-21-16(2)22(23(27)25-14-19-10-6-7-12-24-19)26(17(21)3)15-18-9-8-11-20(13-18)28-4/h6-13H,5,14-15H2,1-4H3,(H,25,27). The predicted octanol–water partition coefficient (Wildman–Crippen LogP) is 4.05. The van der Waals surface area contributed by atoms with Crippen LogP contribution >= 0.6 is 0 Å². The van der Waals surface area contributed by atoms with Crippen molar-refractivity contribution < 1.29 is 9.53 Å². The summed E-state index contributed by atoms with van der Waals surface area (Å²) in [5, 5.41) is 3.02. The molecule has 0 saturated heterocycles. The van der Waals surface area contributed by atoms with Crippen LogP contribution in [-0.2, 0) is 19.5 Å². The third kappa shape index (κ3) is 4.09. The lowest BCUT2D eigenvalue weighted by atomic mass is 10.1. The number of rotatable bonds is 7. The Balaban J connectivity index is 1.91. The summed E-state index contributed by atoms with van der Waals surface area (Å²) < 4.78 is 7.45. The molecule has 0 unspecified atom stereocenters. The van der Waals surface area contributed by atoms with Crippen LogP contribution in [0, 0.1) is 13.8 Å². The molecule has 3 rings (SSSR count). The minimum atomic E-state index is -0.0751. The number of methoxy groups -OCH3 is 1. The summed E-state index contributed by atoms with van der Waals surface area (Å²) in [4.78, 5) is 17.3. The molecule has 2 heterocycles. The van der Waals surface area contributed by atoms with Gasteiger partial charge in [-0.15, -0.1) is 0 Å². The Hall–Kier alpha value is -3.08. The predicted molar refractivity (Wildman–Crippen MR) is 111 cm³/mol. The highest BCUT2D eigenvalue weighted by Crippen LogP contribution is 2.25. The molecule has 0 aliphatic rings. The van der Waals surface area contributed by atoms with E-state index in [-0.39, 0.29) is 5.91 Å². The van der Waals surface area contributed by atoms with Gasteiger partial charge in [0.1, 0.15) is 11.4 Å². The van der Waals surface area contributed by atoms with Crippen LogP contribution in [0.4, 0.5) is 0 Å². The zero-order valence-electron chi connectivity index (χ0n) is 17.0. The van der Waals surface area contributed by atoms with Crippen LogP contribution in [-0.4, -0.2) is 22.6 Å². The topological polar surface area (TPSA) is 56.2 Å². The molecule has 28 heavy (non-hydrogen) atoms. The zero-order valence-corrected chi connectivity index (χ0v) is 17.0. The first-order valence-corrected chi connectivity index (χ1v) is 9.54. The highest BCUT2D eigenvalue weighted by molar-refractivity contribution is 5.95. The largest absolute Gasteiger partial charge is 0.497 e. The van der Waals surface area contributed by atoms with E-state index in [0.29, 0.717) is 18.8 Å². The van der Waals surface area contributed by atoms with E-state index in [9.17, 15) is 4.79 Å². The van der Waals surface area contributed by atoms with E-state index >= 15 is 0 Å². The van der Waals surface area contributed by atoms with E-state index in [1.165, 1.54) is 5.56 Å². The fraction of sp³-hybridized carbons (Fsp3) is 0.304. The van der Waals surface area contributed by atoms with Crippen molar-refractivity contribution >= 4 is 5.91 Å². The molecule has 5 nitrogen and oxygen atoms in total. The van der Waals surface area contributed by atoms with Gasteiger partial charge >= 0.3 is 0 Å². The average molecular weight is 377 g/mol. The van der Waals surface area contributed by atoms with Crippen LogP contribution in [0.15, 0.2) is 48.7 Å². The van der Waals surface area contributed by atoms with Crippen molar-refractivity contribution in [1.29, 1.82) is 0 Å². The van der Waals surface area contributed by atoms with Gasteiger partial charge in [-0.3, -0.25) is 9.78 Å². The molecule has 146 valence electrons. The van der Waals surface area contributed by atoms with Gasteiger partial charge in [0.25, 0.3) is 5.91 Å². The molecular formula is C23H27N3O2. The Morgan fingerprint density at radius 3 is 2.68 bits per heavy atom. The second kappa shape index (κ2) is 8.74. The Labute approximate surface area is 166 Å². The molecule has 0 aliphatic carbocycles. The van der Waals surface area contributed by atoms with Crippen molar-refractivity contribution in [3.63, 3.8) is 0 Å². The van der Waals surface area contributed by atoms with E-state index in [1.807, 2.05) is 43.3 Å². The van der Waals surface area contributed by atoms with Gasteiger partial charge in [0.2, 0.25) is 0 Å². The number of benzene rings is 1. The monoisotopic (exact) mass is 377 g/mol. The summed E-state index contributed by atoms with van der Waals surface area (Å²) in [6, 6.07) is 13.7. The van der Waals surface area contributed by atoms with Crippen molar-refractivity contribution in [2.24, 2.45) is 0 Å². The Bertz CT molecular complexity index is 961. The average Bonchev–Trinajstić information content (AvgIpc) is 2.96. The number of pyridine rings is 1. The van der Waals surface area contributed by atoms with E-state index in [2.05, 4.69) is 34.8 Å². The van der Waals surface area contributed by atoms with Crippen molar-refractivity contribution in [2.45, 2.75) is 40.3 Å². The number of aromatic nitrogens is 2. The van der Waals surface area contributed by atoms with Crippen LogP contribution in [0.5, 0.6) is 5.75 Å². The van der Waals surface area contributed by atoms with Gasteiger partial charge in [-0.2, -0.15) is 0 Å². The molecule has 0 spiro atoms. The molecule has 1 amide bonds. The van der Waals surface area contributed by atoms with E-state index in [4.69, 9.17) is 4.74 Å². The fourth-order valence-corrected chi connectivity index (χ4v) is 3.67. The van der Waals surface area contributed by atoms with Crippen LogP contribution in [0.2, 0.25) is 0 Å². The first kappa shape index (κ1) is 19.7. The number of nitrogens with zero attached hydrogens (tertiary/aromatic N) is 2. The molecule has 0 saturated carbocycles. The van der Waals surface area contributed by atoms with Crippen molar-refractivity contribution in [2.75, 3.05) is 7.11 Å². The Morgan fingerprint density at radius 1 is 1.18 bits per heavy atom. The number of ether oxygens (including phenoxy) is 1. The van der Waals surface area contributed by atoms with Crippen molar-refractivity contribution in [3.05, 3.63) is 82.4 Å². The molecule has 0 atom stereocenters. The second-order valence-electron chi connectivity index (χ2n) is 6.83. The number of hydrogen-bond donors (Lipinski definition) is 1. The molecule has 5 heteroatoms. The lowest BCUT2D eigenvalue weighted by Crippen LogP contribution is -2.27. The summed E-state index contributed by atoms with van der Waals surface area (Å²) >= 11 is 0. The number of carbonyl (C=O) groups is 1. The van der Waals surface area contributed by atoms with Gasteiger partial charge < -0.3 is 14.6 Å². The highest BCUT2D eigenvalue weighted by atomic mass is 16.5. The lowest BCUT2D eigenvalue weighted by molar-refractivity contribution is 0.0940. The smallest absolute Gasteiger partial charge is 0.268 e. The first-order chi connectivity index (χ1) is 13.5. The second-order valence-corrected chi connectivity index (χ2v) is 6.83. The number of hydrogen-bond acceptors (Lipinski definition) is 3. The minimum absolute atomic E-state index is 0.0751. The van der Waals surface area contributed by atoms with Gasteiger partial charge in [-0.05, 0) is 61.2 Å². The molecule has 1 N–H and O–H groups in total. The summed E-state index contributed by atoms with van der Waals surface area (Å²) in [7, 11) is 1.66. The quantitative estimate of drug-likeness (QED) is 0.676. The minimum Gasteiger partial charge on any atom is -0.497 e. The number of nitrogens with one attached hydrogen (secondary N) is 1. The van der Waals surface area contributed by atoms with Crippen molar-refractivity contribution in [3.8, 4) is 5.75 Å². The number of carbonyl (C=O) groups excluding carboxylic acids is 1. The molecule has 0 aliphatic heterocycles. The zero-order chi connectivity index (χ0) is 20.1. The van der Waals surface area contributed by atoms with Gasteiger partial charge in [0, 0.05) is 18.4 Å². The maximum Gasteiger partial charge on any atom is 0.268 e. The maximum absolute atomic E-state index is 13.1. The Kier molecular flexibility index (Phi) is 6.14. The van der Waals surface area contributed by atoms with E-state index in [1.54, 1.807) is 13.3 Å². The van der Waals surface area contributed by atoms with Gasteiger partial charge in [-0.25, -0.2) is 0 Å². The molecule has 3 aromatic rings. The highest BCUT2D eigenvalue weighted by Gasteiger charge is 2.22. The normalized spacial score (nSPS) is 10.7. The molecule has 1 aromatic carbocycles. The summed E-state index contributed by atoms with van der Waals surface area (Å²) in [6.07, 6.45) is 2.63. The van der Waals surface area contributed by atoms with Gasteiger partial charge in [-0.1, -0.05) is 25.1 Å². The first-order valence-electron chi connectivity index (χ1n) is 9.54. The van der Waals surface area contributed by atoms with Crippen LogP contribution in [0.1, 0.15) is 45.5 Å². The third-order valence-corrected chi connectivity index (χ3v) is 5.12. The maximum atomic E-state index is 13.1. The summed E-state index contributed by atoms with van der Waals surface area (Å²) in [5.74, 6) is 0.741. The Morgan fingerprint density at radius 2 is 2.00 bits per heavy atom. The summed E-state index contributed by atoms with van der Waals surface area (Å²) in [6.45, 7) is 7.27. The van der Waals surface area contributed by atoms with Crippen LogP contribution in [0.25, 0.3) is 0 Å². The molecule has 0 radical (unpaired) electrons. The molecular weight excluding hydrogens is 350 g/mol. The van der Waals surface area contributed by atoms with Crippen LogP contribution in [0.3, 0.4) is 0 Å². The van der Waals surface area contributed by atoms with Gasteiger partial charge in [0.05, 0.1) is 19.3 Å². The van der Waals surface area contributed by atoms with E-state index in [0.717, 1.165) is 34.7 Å². The fourth-order valence-electron chi connectivity index (χ4n) is 3.67.